The third kappa shape index (κ3) is 3.74. The van der Waals surface area contributed by atoms with Crippen molar-refractivity contribution in [3.05, 3.63) is 35.4 Å². The number of nitrogens with zero attached hydrogens (tertiary/aromatic N) is 3. The van der Waals surface area contributed by atoms with Crippen molar-refractivity contribution in [1.29, 1.82) is 0 Å². The van der Waals surface area contributed by atoms with Gasteiger partial charge in [-0.15, -0.1) is 0 Å². The lowest BCUT2D eigenvalue weighted by Crippen LogP contribution is -2.25. The molecule has 2 heterocycles. The summed E-state index contributed by atoms with van der Waals surface area (Å²) in [4.78, 5) is 19.8. The summed E-state index contributed by atoms with van der Waals surface area (Å²) in [5, 5.41) is 9.01. The van der Waals surface area contributed by atoms with Crippen LogP contribution < -0.4 is 10.6 Å². The average molecular weight is 293 g/mol. The normalized spacial score (nSPS) is 10.4. The van der Waals surface area contributed by atoms with E-state index in [1.807, 2.05) is 6.92 Å². The fourth-order valence-electron chi connectivity index (χ4n) is 1.65. The number of anilines is 1. The molecule has 0 saturated carbocycles. The van der Waals surface area contributed by atoms with Crippen LogP contribution in [0.3, 0.4) is 0 Å². The standard InChI is InChI=1S/C13H16FN5O2/c1-3-5-15-12-11(14)9(4-6-16-12)13(20)17-7-10-18-8(2)21-19-10/h4,6H,3,5,7H2,1-2H3,(H,15,16)(H,17,20). The van der Waals surface area contributed by atoms with Crippen molar-refractivity contribution in [3.8, 4) is 0 Å². The second-order valence-corrected chi connectivity index (χ2v) is 4.36. The molecule has 0 spiro atoms. The number of halogens is 1. The molecule has 0 unspecified atom stereocenters. The number of hydrogen-bond donors (Lipinski definition) is 2. The smallest absolute Gasteiger partial charge is 0.254 e. The Kier molecular flexibility index (Phi) is 4.81. The molecular weight excluding hydrogens is 277 g/mol. The number of nitrogens with one attached hydrogen (secondary N) is 2. The highest BCUT2D eigenvalue weighted by molar-refractivity contribution is 5.95. The molecule has 7 nitrogen and oxygen atoms in total. The predicted molar refractivity (Wildman–Crippen MR) is 73.2 cm³/mol. The Labute approximate surface area is 121 Å². The molecule has 0 aliphatic carbocycles. The van der Waals surface area contributed by atoms with E-state index in [1.165, 1.54) is 12.3 Å². The highest BCUT2D eigenvalue weighted by Gasteiger charge is 2.16. The van der Waals surface area contributed by atoms with E-state index < -0.39 is 11.7 Å². The van der Waals surface area contributed by atoms with Crippen LogP contribution in [0.25, 0.3) is 0 Å². The second-order valence-electron chi connectivity index (χ2n) is 4.36. The highest BCUT2D eigenvalue weighted by atomic mass is 19.1. The van der Waals surface area contributed by atoms with Gasteiger partial charge in [-0.3, -0.25) is 4.79 Å². The highest BCUT2D eigenvalue weighted by Crippen LogP contribution is 2.15. The molecule has 0 saturated heterocycles. The Morgan fingerprint density at radius 1 is 1.48 bits per heavy atom. The first-order chi connectivity index (χ1) is 10.1. The van der Waals surface area contributed by atoms with Crippen molar-refractivity contribution in [2.45, 2.75) is 26.8 Å². The number of aromatic nitrogens is 3. The summed E-state index contributed by atoms with van der Waals surface area (Å²) in [5.41, 5.74) is -0.0798. The predicted octanol–water partition coefficient (Wildman–Crippen LogP) is 1.66. The van der Waals surface area contributed by atoms with Gasteiger partial charge in [0.25, 0.3) is 5.91 Å². The van der Waals surface area contributed by atoms with Gasteiger partial charge in [-0.05, 0) is 12.5 Å². The van der Waals surface area contributed by atoms with E-state index in [2.05, 4.69) is 25.8 Å². The monoisotopic (exact) mass is 293 g/mol. The zero-order valence-corrected chi connectivity index (χ0v) is 11.8. The molecule has 2 N–H and O–H groups in total. The fraction of sp³-hybridized carbons (Fsp3) is 0.385. The number of carbonyl (C=O) groups is 1. The minimum absolute atomic E-state index is 0.0651. The lowest BCUT2D eigenvalue weighted by molar-refractivity contribution is 0.0945. The van der Waals surface area contributed by atoms with Crippen LogP contribution in [0.1, 0.15) is 35.4 Å². The molecule has 0 aliphatic heterocycles. The molecule has 2 aromatic rings. The number of pyridine rings is 1. The fourth-order valence-corrected chi connectivity index (χ4v) is 1.65. The summed E-state index contributed by atoms with van der Waals surface area (Å²) in [5.74, 6) is -0.426. The van der Waals surface area contributed by atoms with Gasteiger partial charge < -0.3 is 15.2 Å². The summed E-state index contributed by atoms with van der Waals surface area (Å²) < 4.78 is 18.9. The lowest BCUT2D eigenvalue weighted by Gasteiger charge is -2.08. The van der Waals surface area contributed by atoms with Crippen LogP contribution in [0.5, 0.6) is 0 Å². The van der Waals surface area contributed by atoms with E-state index >= 15 is 0 Å². The summed E-state index contributed by atoms with van der Waals surface area (Å²) in [7, 11) is 0. The SMILES string of the molecule is CCCNc1nccc(C(=O)NCc2noc(C)n2)c1F. The van der Waals surface area contributed by atoms with E-state index in [0.29, 0.717) is 18.3 Å². The molecule has 2 rings (SSSR count). The summed E-state index contributed by atoms with van der Waals surface area (Å²) >= 11 is 0. The Hall–Kier alpha value is -2.51. The minimum atomic E-state index is -0.673. The molecule has 1 amide bonds. The molecule has 0 bridgehead atoms. The van der Waals surface area contributed by atoms with Crippen molar-refractivity contribution in [2.75, 3.05) is 11.9 Å². The number of hydrogen-bond acceptors (Lipinski definition) is 6. The van der Waals surface area contributed by atoms with Crippen LogP contribution in [0, 0.1) is 12.7 Å². The van der Waals surface area contributed by atoms with E-state index in [-0.39, 0.29) is 17.9 Å². The van der Waals surface area contributed by atoms with Gasteiger partial charge in [0.05, 0.1) is 12.1 Å². The zero-order valence-electron chi connectivity index (χ0n) is 11.8. The van der Waals surface area contributed by atoms with Gasteiger partial charge in [-0.1, -0.05) is 12.1 Å². The summed E-state index contributed by atoms with van der Waals surface area (Å²) in [6, 6.07) is 1.32. The number of amides is 1. The molecule has 0 aliphatic rings. The van der Waals surface area contributed by atoms with Crippen molar-refractivity contribution >= 4 is 11.7 Å². The first kappa shape index (κ1) is 14.9. The van der Waals surface area contributed by atoms with Crippen molar-refractivity contribution in [2.24, 2.45) is 0 Å². The van der Waals surface area contributed by atoms with Gasteiger partial charge in [-0.2, -0.15) is 4.98 Å². The van der Waals surface area contributed by atoms with E-state index in [4.69, 9.17) is 4.52 Å². The van der Waals surface area contributed by atoms with Gasteiger partial charge in [-0.25, -0.2) is 9.37 Å². The van der Waals surface area contributed by atoms with E-state index in [9.17, 15) is 9.18 Å². The molecule has 0 atom stereocenters. The van der Waals surface area contributed by atoms with Crippen LogP contribution in [0.2, 0.25) is 0 Å². The second kappa shape index (κ2) is 6.78. The van der Waals surface area contributed by atoms with Gasteiger partial charge in [0.1, 0.15) is 0 Å². The molecule has 8 heteroatoms. The topological polar surface area (TPSA) is 92.9 Å². The van der Waals surface area contributed by atoms with Gasteiger partial charge in [0.2, 0.25) is 5.89 Å². The van der Waals surface area contributed by atoms with Crippen LogP contribution >= 0.6 is 0 Å². The van der Waals surface area contributed by atoms with Crippen LogP contribution in [-0.2, 0) is 6.54 Å². The van der Waals surface area contributed by atoms with Crippen LogP contribution in [-0.4, -0.2) is 27.6 Å². The number of rotatable bonds is 6. The Balaban J connectivity index is 2.04. The zero-order chi connectivity index (χ0) is 15.2. The number of carbonyl (C=O) groups excluding carboxylic acids is 1. The van der Waals surface area contributed by atoms with Crippen LogP contribution in [0.15, 0.2) is 16.8 Å². The average Bonchev–Trinajstić information content (AvgIpc) is 2.89. The molecule has 0 fully saturated rings. The molecule has 0 radical (unpaired) electrons. The van der Waals surface area contributed by atoms with E-state index in [0.717, 1.165) is 6.42 Å². The van der Waals surface area contributed by atoms with Crippen molar-refractivity contribution in [3.63, 3.8) is 0 Å². The lowest BCUT2D eigenvalue weighted by atomic mass is 10.2. The number of aryl methyl sites for hydroxylation is 1. The maximum absolute atomic E-state index is 14.1. The molecular formula is C13H16FN5O2. The summed E-state index contributed by atoms with van der Waals surface area (Å²) in [6.45, 7) is 4.24. The van der Waals surface area contributed by atoms with Gasteiger partial charge >= 0.3 is 0 Å². The molecule has 112 valence electrons. The maximum atomic E-state index is 14.1. The first-order valence-electron chi connectivity index (χ1n) is 6.57. The maximum Gasteiger partial charge on any atom is 0.254 e. The largest absolute Gasteiger partial charge is 0.368 e. The molecule has 2 aromatic heterocycles. The first-order valence-corrected chi connectivity index (χ1v) is 6.57. The van der Waals surface area contributed by atoms with Gasteiger partial charge in [0.15, 0.2) is 17.5 Å². The van der Waals surface area contributed by atoms with Crippen molar-refractivity contribution < 1.29 is 13.7 Å². The third-order valence-corrected chi connectivity index (χ3v) is 2.65. The summed E-state index contributed by atoms with van der Waals surface area (Å²) in [6.07, 6.45) is 2.21. The quantitative estimate of drug-likeness (QED) is 0.841. The van der Waals surface area contributed by atoms with Crippen LogP contribution in [0.4, 0.5) is 10.2 Å². The third-order valence-electron chi connectivity index (χ3n) is 2.65. The van der Waals surface area contributed by atoms with E-state index in [1.54, 1.807) is 6.92 Å². The van der Waals surface area contributed by atoms with Gasteiger partial charge in [0, 0.05) is 19.7 Å². The van der Waals surface area contributed by atoms with Crippen molar-refractivity contribution in [1.82, 2.24) is 20.4 Å². The molecule has 0 aromatic carbocycles. The Morgan fingerprint density at radius 3 is 2.95 bits per heavy atom. The minimum Gasteiger partial charge on any atom is -0.368 e. The Morgan fingerprint density at radius 2 is 2.29 bits per heavy atom. The molecule has 21 heavy (non-hydrogen) atoms. The Bertz CT molecular complexity index is 629.